The highest BCUT2D eigenvalue weighted by molar-refractivity contribution is 7.13. The van der Waals surface area contributed by atoms with Crippen LogP contribution in [0, 0.1) is 0 Å². The first-order valence-corrected chi connectivity index (χ1v) is 7.04. The summed E-state index contributed by atoms with van der Waals surface area (Å²) in [5.41, 5.74) is 3.59. The Morgan fingerprint density at radius 3 is 2.37 bits per heavy atom. The lowest BCUT2D eigenvalue weighted by atomic mass is 10.0. The summed E-state index contributed by atoms with van der Waals surface area (Å²) in [5, 5.41) is 2.09. The van der Waals surface area contributed by atoms with Crippen molar-refractivity contribution in [1.82, 2.24) is 0 Å². The molecule has 1 aromatic heterocycles. The van der Waals surface area contributed by atoms with Gasteiger partial charge in [-0.2, -0.15) is 0 Å². The summed E-state index contributed by atoms with van der Waals surface area (Å²) in [6.45, 7) is 0. The van der Waals surface area contributed by atoms with Gasteiger partial charge in [-0.25, -0.2) is 0 Å². The molecule has 2 heteroatoms. The van der Waals surface area contributed by atoms with Crippen molar-refractivity contribution in [2.24, 2.45) is 0 Å². The molecule has 1 nitrogen and oxygen atoms in total. The van der Waals surface area contributed by atoms with E-state index in [1.54, 1.807) is 18.4 Å². The van der Waals surface area contributed by atoms with Crippen LogP contribution < -0.4 is 4.74 Å². The van der Waals surface area contributed by atoms with Gasteiger partial charge in [0.25, 0.3) is 0 Å². The van der Waals surface area contributed by atoms with E-state index in [1.807, 2.05) is 12.1 Å². The maximum Gasteiger partial charge on any atom is 0.127 e. The van der Waals surface area contributed by atoms with Crippen LogP contribution in [0.15, 0.2) is 66.0 Å². The molecule has 0 spiro atoms. The molecule has 0 atom stereocenters. The SMILES string of the molecule is COc1ccc(-c2ccccc2)cc1-c1cccs1. The van der Waals surface area contributed by atoms with Gasteiger partial charge in [0.1, 0.15) is 5.75 Å². The average molecular weight is 266 g/mol. The molecule has 0 saturated carbocycles. The predicted octanol–water partition coefficient (Wildman–Crippen LogP) is 5.09. The Morgan fingerprint density at radius 2 is 1.68 bits per heavy atom. The van der Waals surface area contributed by atoms with Crippen LogP contribution in [0.3, 0.4) is 0 Å². The predicted molar refractivity (Wildman–Crippen MR) is 81.7 cm³/mol. The molecule has 3 aromatic rings. The number of hydrogen-bond acceptors (Lipinski definition) is 2. The summed E-state index contributed by atoms with van der Waals surface area (Å²) in [4.78, 5) is 1.23. The molecule has 0 radical (unpaired) electrons. The molecule has 0 N–H and O–H groups in total. The maximum atomic E-state index is 5.47. The van der Waals surface area contributed by atoms with Gasteiger partial charge in [0.2, 0.25) is 0 Å². The Balaban J connectivity index is 2.13. The summed E-state index contributed by atoms with van der Waals surface area (Å²) < 4.78 is 5.47. The van der Waals surface area contributed by atoms with Crippen molar-refractivity contribution in [3.63, 3.8) is 0 Å². The Labute approximate surface area is 117 Å². The largest absolute Gasteiger partial charge is 0.496 e. The van der Waals surface area contributed by atoms with Gasteiger partial charge in [0.05, 0.1) is 7.11 Å². The number of hydrogen-bond donors (Lipinski definition) is 0. The van der Waals surface area contributed by atoms with Crippen LogP contribution in [0.25, 0.3) is 21.6 Å². The normalized spacial score (nSPS) is 10.4. The third-order valence-electron chi connectivity index (χ3n) is 3.09. The summed E-state index contributed by atoms with van der Waals surface area (Å²) in [6, 6.07) is 20.9. The molecule has 19 heavy (non-hydrogen) atoms. The zero-order valence-electron chi connectivity index (χ0n) is 10.7. The minimum absolute atomic E-state index is 0.919. The van der Waals surface area contributed by atoms with Crippen molar-refractivity contribution in [3.8, 4) is 27.3 Å². The first-order valence-electron chi connectivity index (χ1n) is 6.16. The first kappa shape index (κ1) is 12.0. The second kappa shape index (κ2) is 5.29. The van der Waals surface area contributed by atoms with E-state index in [4.69, 9.17) is 4.74 Å². The summed E-state index contributed by atoms with van der Waals surface area (Å²) in [6.07, 6.45) is 0. The minimum atomic E-state index is 0.919. The lowest BCUT2D eigenvalue weighted by molar-refractivity contribution is 0.416. The van der Waals surface area contributed by atoms with Gasteiger partial charge >= 0.3 is 0 Å². The quantitative estimate of drug-likeness (QED) is 0.641. The molecule has 0 fully saturated rings. The smallest absolute Gasteiger partial charge is 0.127 e. The van der Waals surface area contributed by atoms with E-state index in [-0.39, 0.29) is 0 Å². The van der Waals surface area contributed by atoms with Crippen molar-refractivity contribution < 1.29 is 4.74 Å². The van der Waals surface area contributed by atoms with Crippen LogP contribution in [0.4, 0.5) is 0 Å². The summed E-state index contributed by atoms with van der Waals surface area (Å²) in [5.74, 6) is 0.919. The fourth-order valence-corrected chi connectivity index (χ4v) is 2.89. The molecule has 3 rings (SSSR count). The summed E-state index contributed by atoms with van der Waals surface area (Å²) in [7, 11) is 1.72. The molecule has 2 aromatic carbocycles. The van der Waals surface area contributed by atoms with Crippen LogP contribution in [0.5, 0.6) is 5.75 Å². The average Bonchev–Trinajstić information content (AvgIpc) is 3.01. The Kier molecular flexibility index (Phi) is 3.34. The van der Waals surface area contributed by atoms with Crippen LogP contribution in [0.2, 0.25) is 0 Å². The Morgan fingerprint density at radius 1 is 0.842 bits per heavy atom. The lowest BCUT2D eigenvalue weighted by Gasteiger charge is -2.09. The third kappa shape index (κ3) is 2.40. The van der Waals surface area contributed by atoms with Gasteiger partial charge in [-0.1, -0.05) is 42.5 Å². The van der Waals surface area contributed by atoms with Gasteiger partial charge in [0, 0.05) is 10.4 Å². The molecule has 94 valence electrons. The highest BCUT2D eigenvalue weighted by Gasteiger charge is 2.08. The van der Waals surface area contributed by atoms with Crippen LogP contribution in [0.1, 0.15) is 0 Å². The van der Waals surface area contributed by atoms with Crippen molar-refractivity contribution in [3.05, 3.63) is 66.0 Å². The van der Waals surface area contributed by atoms with E-state index in [9.17, 15) is 0 Å². The minimum Gasteiger partial charge on any atom is -0.496 e. The number of benzene rings is 2. The number of ether oxygens (including phenoxy) is 1. The van der Waals surface area contributed by atoms with E-state index in [0.29, 0.717) is 0 Å². The van der Waals surface area contributed by atoms with Crippen LogP contribution in [-0.2, 0) is 0 Å². The van der Waals surface area contributed by atoms with Crippen LogP contribution in [-0.4, -0.2) is 7.11 Å². The second-order valence-electron chi connectivity index (χ2n) is 4.26. The number of methoxy groups -OCH3 is 1. The first-order chi connectivity index (χ1) is 9.38. The molecule has 0 aliphatic carbocycles. The van der Waals surface area contributed by atoms with E-state index >= 15 is 0 Å². The number of thiophene rings is 1. The molecular weight excluding hydrogens is 252 g/mol. The lowest BCUT2D eigenvalue weighted by Crippen LogP contribution is -1.87. The Bertz CT molecular complexity index is 657. The standard InChI is InChI=1S/C17H14OS/c1-18-16-10-9-14(13-6-3-2-4-7-13)12-15(16)17-8-5-11-19-17/h2-12H,1H3. The molecule has 0 aliphatic heterocycles. The van der Waals surface area contributed by atoms with Crippen molar-refractivity contribution >= 4 is 11.3 Å². The van der Waals surface area contributed by atoms with Crippen molar-refractivity contribution in [2.45, 2.75) is 0 Å². The van der Waals surface area contributed by atoms with E-state index in [2.05, 4.69) is 53.9 Å². The zero-order valence-corrected chi connectivity index (χ0v) is 11.5. The molecular formula is C17H14OS. The highest BCUT2D eigenvalue weighted by atomic mass is 32.1. The monoisotopic (exact) mass is 266 g/mol. The molecule has 0 bridgehead atoms. The van der Waals surface area contributed by atoms with Crippen molar-refractivity contribution in [2.75, 3.05) is 7.11 Å². The van der Waals surface area contributed by atoms with Gasteiger partial charge in [-0.05, 0) is 34.7 Å². The zero-order chi connectivity index (χ0) is 13.1. The van der Waals surface area contributed by atoms with E-state index < -0.39 is 0 Å². The highest BCUT2D eigenvalue weighted by Crippen LogP contribution is 2.36. The van der Waals surface area contributed by atoms with Gasteiger partial charge in [0.15, 0.2) is 0 Å². The molecule has 0 unspecified atom stereocenters. The fourth-order valence-electron chi connectivity index (χ4n) is 2.14. The van der Waals surface area contributed by atoms with Gasteiger partial charge in [-0.15, -0.1) is 11.3 Å². The van der Waals surface area contributed by atoms with E-state index in [1.165, 1.54) is 16.0 Å². The Hall–Kier alpha value is -2.06. The van der Waals surface area contributed by atoms with Gasteiger partial charge in [-0.3, -0.25) is 0 Å². The summed E-state index contributed by atoms with van der Waals surface area (Å²) >= 11 is 1.73. The fraction of sp³-hybridized carbons (Fsp3) is 0.0588. The third-order valence-corrected chi connectivity index (χ3v) is 4.00. The molecule has 0 saturated heterocycles. The number of rotatable bonds is 3. The van der Waals surface area contributed by atoms with Crippen molar-refractivity contribution in [1.29, 1.82) is 0 Å². The maximum absolute atomic E-state index is 5.47. The second-order valence-corrected chi connectivity index (χ2v) is 5.21. The van der Waals surface area contributed by atoms with Crippen LogP contribution >= 0.6 is 11.3 Å². The van der Waals surface area contributed by atoms with Gasteiger partial charge < -0.3 is 4.74 Å². The molecule has 1 heterocycles. The molecule has 0 aliphatic rings. The molecule has 0 amide bonds. The topological polar surface area (TPSA) is 9.23 Å². The van der Waals surface area contributed by atoms with E-state index in [0.717, 1.165) is 11.3 Å².